The molecule has 1 fully saturated rings. The summed E-state index contributed by atoms with van der Waals surface area (Å²) in [4.78, 5) is 21.1. The lowest BCUT2D eigenvalue weighted by Gasteiger charge is -2.31. The summed E-state index contributed by atoms with van der Waals surface area (Å²) in [5.74, 6) is 0.0776. The van der Waals surface area contributed by atoms with Crippen LogP contribution in [0.1, 0.15) is 23.2 Å². The van der Waals surface area contributed by atoms with Crippen LogP contribution in [0.15, 0.2) is 42.7 Å². The second kappa shape index (κ2) is 7.66. The average molecular weight is 338 g/mol. The first-order valence-corrected chi connectivity index (χ1v) is 8.78. The number of amides is 1. The Labute approximate surface area is 149 Å². The third-order valence-corrected chi connectivity index (χ3v) is 4.89. The van der Waals surface area contributed by atoms with E-state index in [0.29, 0.717) is 11.6 Å². The third kappa shape index (κ3) is 3.99. The second-order valence-electron chi connectivity index (χ2n) is 6.76. The number of aromatic nitrogens is 1. The highest BCUT2D eigenvalue weighted by molar-refractivity contribution is 5.95. The van der Waals surface area contributed by atoms with Crippen molar-refractivity contribution in [2.24, 2.45) is 0 Å². The molecule has 1 aromatic heterocycles. The first-order valence-electron chi connectivity index (χ1n) is 8.78. The quantitative estimate of drug-likeness (QED) is 0.931. The molecule has 5 heteroatoms. The first kappa shape index (κ1) is 17.4. The van der Waals surface area contributed by atoms with Crippen LogP contribution in [0.3, 0.4) is 0 Å². The lowest BCUT2D eigenvalue weighted by Crippen LogP contribution is -2.43. The molecule has 1 aliphatic heterocycles. The van der Waals surface area contributed by atoms with E-state index in [1.165, 1.54) is 0 Å². The van der Waals surface area contributed by atoms with Crippen LogP contribution >= 0.6 is 0 Å². The van der Waals surface area contributed by atoms with Crippen molar-refractivity contribution in [1.29, 1.82) is 0 Å². The number of carbonyl (C=O) groups excluding carboxylic acids is 1. The van der Waals surface area contributed by atoms with E-state index in [1.807, 2.05) is 38.3 Å². The van der Waals surface area contributed by atoms with Gasteiger partial charge in [-0.2, -0.15) is 0 Å². The number of piperidine rings is 1. The lowest BCUT2D eigenvalue weighted by molar-refractivity contribution is 0.0707. The van der Waals surface area contributed by atoms with Gasteiger partial charge in [-0.25, -0.2) is 0 Å². The zero-order valence-electron chi connectivity index (χ0n) is 15.2. The van der Waals surface area contributed by atoms with Crippen LogP contribution in [0.25, 0.3) is 11.1 Å². The minimum atomic E-state index is 0.0776. The number of benzene rings is 1. The van der Waals surface area contributed by atoms with Gasteiger partial charge >= 0.3 is 0 Å². The van der Waals surface area contributed by atoms with E-state index in [2.05, 4.69) is 39.5 Å². The highest BCUT2D eigenvalue weighted by Gasteiger charge is 2.23. The van der Waals surface area contributed by atoms with Gasteiger partial charge in [0.15, 0.2) is 0 Å². The number of anilines is 1. The van der Waals surface area contributed by atoms with Crippen LogP contribution < -0.4 is 10.2 Å². The van der Waals surface area contributed by atoms with Crippen molar-refractivity contribution < 1.29 is 4.79 Å². The summed E-state index contributed by atoms with van der Waals surface area (Å²) >= 11 is 0. The Bertz CT molecular complexity index is 719. The topological polar surface area (TPSA) is 48.5 Å². The number of nitrogens with one attached hydrogen (secondary N) is 1. The molecule has 0 atom stereocenters. The molecule has 2 aromatic rings. The van der Waals surface area contributed by atoms with Crippen molar-refractivity contribution in [1.82, 2.24) is 15.2 Å². The van der Waals surface area contributed by atoms with Gasteiger partial charge in [-0.15, -0.1) is 0 Å². The largest absolute Gasteiger partial charge is 0.378 e. The van der Waals surface area contributed by atoms with E-state index in [0.717, 1.165) is 42.7 Å². The molecule has 0 bridgehead atoms. The van der Waals surface area contributed by atoms with Gasteiger partial charge in [0.25, 0.3) is 5.91 Å². The minimum absolute atomic E-state index is 0.0776. The maximum atomic E-state index is 12.8. The summed E-state index contributed by atoms with van der Waals surface area (Å²) in [5, 5.41) is 3.29. The molecule has 1 saturated heterocycles. The normalized spacial score (nSPS) is 15.2. The summed E-state index contributed by atoms with van der Waals surface area (Å²) in [6.45, 7) is 1.60. The summed E-state index contributed by atoms with van der Waals surface area (Å²) in [6.07, 6.45) is 5.49. The number of hydrogen-bond donors (Lipinski definition) is 1. The molecule has 3 rings (SSSR count). The Kier molecular flexibility index (Phi) is 5.34. The number of pyridine rings is 1. The van der Waals surface area contributed by atoms with Crippen molar-refractivity contribution >= 4 is 11.6 Å². The first-order chi connectivity index (χ1) is 12.1. The van der Waals surface area contributed by atoms with Gasteiger partial charge in [-0.3, -0.25) is 9.78 Å². The Morgan fingerprint density at radius 3 is 2.40 bits per heavy atom. The Hall–Kier alpha value is -2.40. The Morgan fingerprint density at radius 2 is 1.80 bits per heavy atom. The highest BCUT2D eigenvalue weighted by atomic mass is 16.2. The molecule has 0 aliphatic carbocycles. The van der Waals surface area contributed by atoms with Crippen LogP contribution in [0.4, 0.5) is 5.69 Å². The van der Waals surface area contributed by atoms with Gasteiger partial charge in [-0.05, 0) is 43.7 Å². The minimum Gasteiger partial charge on any atom is -0.378 e. The summed E-state index contributed by atoms with van der Waals surface area (Å²) in [5.41, 5.74) is 3.86. The molecule has 2 heterocycles. The molecular formula is C20H26N4O. The second-order valence-corrected chi connectivity index (χ2v) is 6.76. The van der Waals surface area contributed by atoms with Crippen molar-refractivity contribution in [2.75, 3.05) is 39.1 Å². The third-order valence-electron chi connectivity index (χ3n) is 4.89. The van der Waals surface area contributed by atoms with Crippen molar-refractivity contribution in [3.8, 4) is 11.1 Å². The van der Waals surface area contributed by atoms with E-state index in [4.69, 9.17) is 0 Å². The van der Waals surface area contributed by atoms with Gasteiger partial charge in [0.2, 0.25) is 0 Å². The fourth-order valence-corrected chi connectivity index (χ4v) is 3.22. The van der Waals surface area contributed by atoms with Crippen LogP contribution in [0.2, 0.25) is 0 Å². The molecule has 5 nitrogen and oxygen atoms in total. The lowest BCUT2D eigenvalue weighted by atomic mass is 10.0. The van der Waals surface area contributed by atoms with Gasteiger partial charge in [-0.1, -0.05) is 12.1 Å². The van der Waals surface area contributed by atoms with Gasteiger partial charge < -0.3 is 15.1 Å². The number of likely N-dealkylation sites (tertiary alicyclic amines) is 1. The Balaban J connectivity index is 1.76. The van der Waals surface area contributed by atoms with Gasteiger partial charge in [0.05, 0.1) is 5.56 Å². The molecule has 132 valence electrons. The molecule has 1 aromatic carbocycles. The number of carbonyl (C=O) groups is 1. The molecular weight excluding hydrogens is 312 g/mol. The fourth-order valence-electron chi connectivity index (χ4n) is 3.22. The van der Waals surface area contributed by atoms with Crippen LogP contribution in [0.5, 0.6) is 0 Å². The molecule has 1 amide bonds. The zero-order valence-corrected chi connectivity index (χ0v) is 15.2. The van der Waals surface area contributed by atoms with Crippen molar-refractivity contribution in [3.63, 3.8) is 0 Å². The van der Waals surface area contributed by atoms with Crippen LogP contribution in [0, 0.1) is 0 Å². The molecule has 0 saturated carbocycles. The van der Waals surface area contributed by atoms with Crippen LogP contribution in [-0.2, 0) is 0 Å². The summed E-state index contributed by atoms with van der Waals surface area (Å²) in [7, 11) is 6.03. The van der Waals surface area contributed by atoms with Gasteiger partial charge in [0, 0.05) is 56.9 Å². The molecule has 1 aliphatic rings. The summed E-state index contributed by atoms with van der Waals surface area (Å²) in [6, 6.07) is 10.8. The summed E-state index contributed by atoms with van der Waals surface area (Å²) < 4.78 is 0. The zero-order chi connectivity index (χ0) is 17.8. The van der Waals surface area contributed by atoms with E-state index >= 15 is 0 Å². The molecule has 0 radical (unpaired) electrons. The van der Waals surface area contributed by atoms with Gasteiger partial charge in [0.1, 0.15) is 0 Å². The molecule has 1 N–H and O–H groups in total. The van der Waals surface area contributed by atoms with E-state index < -0.39 is 0 Å². The number of hydrogen-bond acceptors (Lipinski definition) is 4. The fraction of sp³-hybridized carbons (Fsp3) is 0.400. The van der Waals surface area contributed by atoms with Crippen LogP contribution in [-0.4, -0.2) is 56.1 Å². The average Bonchev–Trinajstić information content (AvgIpc) is 2.67. The predicted octanol–water partition coefficient (Wildman–Crippen LogP) is 2.64. The Morgan fingerprint density at radius 1 is 1.12 bits per heavy atom. The maximum Gasteiger partial charge on any atom is 0.255 e. The number of rotatable bonds is 4. The van der Waals surface area contributed by atoms with Crippen molar-refractivity contribution in [2.45, 2.75) is 18.9 Å². The maximum absolute atomic E-state index is 12.8. The highest BCUT2D eigenvalue weighted by Crippen LogP contribution is 2.23. The monoisotopic (exact) mass is 338 g/mol. The van der Waals surface area contributed by atoms with Crippen molar-refractivity contribution in [3.05, 3.63) is 48.3 Å². The molecule has 0 spiro atoms. The predicted molar refractivity (Wildman–Crippen MR) is 102 cm³/mol. The smallest absolute Gasteiger partial charge is 0.255 e. The number of nitrogens with zero attached hydrogens (tertiary/aromatic N) is 3. The molecule has 0 unspecified atom stereocenters. The van der Waals surface area contributed by atoms with E-state index in [1.54, 1.807) is 6.20 Å². The molecule has 25 heavy (non-hydrogen) atoms. The standard InChI is InChI=1S/C20H26N4O/c1-21-18-8-10-24(11-9-18)20(25)17-12-16(13-22-14-17)15-4-6-19(7-5-15)23(2)3/h4-7,12-14,18,21H,8-11H2,1-3H3. The SMILES string of the molecule is CNC1CCN(C(=O)c2cncc(-c3ccc(N(C)C)cc3)c2)CC1. The van der Waals surface area contributed by atoms with E-state index in [-0.39, 0.29) is 5.91 Å². The van der Waals surface area contributed by atoms with E-state index in [9.17, 15) is 4.79 Å².